The summed E-state index contributed by atoms with van der Waals surface area (Å²) in [6.45, 7) is 1.96. The molecule has 6 nitrogen and oxygen atoms in total. The highest BCUT2D eigenvalue weighted by Gasteiger charge is 2.21. The number of nitrogens with one attached hydrogen (secondary N) is 1. The van der Waals surface area contributed by atoms with Crippen molar-refractivity contribution in [1.29, 1.82) is 0 Å². The van der Waals surface area contributed by atoms with Crippen LogP contribution in [0.3, 0.4) is 0 Å². The number of pyridine rings is 2. The quantitative estimate of drug-likeness (QED) is 0.515. The second-order valence-electron chi connectivity index (χ2n) is 7.04. The molecule has 1 aliphatic carbocycles. The summed E-state index contributed by atoms with van der Waals surface area (Å²) in [6.07, 6.45) is 9.55. The molecule has 8 heteroatoms. The molecule has 0 bridgehead atoms. The summed E-state index contributed by atoms with van der Waals surface area (Å²) in [5, 5.41) is 4.01. The lowest BCUT2D eigenvalue weighted by Gasteiger charge is -2.15. The van der Waals surface area contributed by atoms with E-state index in [4.69, 9.17) is 4.98 Å². The molecule has 150 valence electrons. The molecular formula is C22H19FN6S. The normalized spacial score (nSPS) is 18.3. The summed E-state index contributed by atoms with van der Waals surface area (Å²) < 4.78 is 15.8. The minimum absolute atomic E-state index is 0.212. The van der Waals surface area contributed by atoms with Gasteiger partial charge in [0.05, 0.1) is 28.1 Å². The van der Waals surface area contributed by atoms with Gasteiger partial charge in [0, 0.05) is 17.5 Å². The van der Waals surface area contributed by atoms with Crippen LogP contribution in [0.5, 0.6) is 0 Å². The Morgan fingerprint density at radius 3 is 2.90 bits per heavy atom. The van der Waals surface area contributed by atoms with Crippen LogP contribution in [-0.2, 0) is 5.75 Å². The van der Waals surface area contributed by atoms with Crippen molar-refractivity contribution >= 4 is 17.4 Å². The Bertz CT molecular complexity index is 1260. The van der Waals surface area contributed by atoms with Gasteiger partial charge in [-0.25, -0.2) is 18.9 Å². The maximum Gasteiger partial charge on any atom is 0.155 e. The van der Waals surface area contributed by atoms with E-state index in [1.54, 1.807) is 16.7 Å². The van der Waals surface area contributed by atoms with Crippen molar-refractivity contribution in [1.82, 2.24) is 29.5 Å². The van der Waals surface area contributed by atoms with Gasteiger partial charge in [-0.3, -0.25) is 4.98 Å². The third-order valence-electron chi connectivity index (χ3n) is 4.88. The maximum atomic E-state index is 14.1. The molecule has 2 atom stereocenters. The molecule has 0 saturated carbocycles. The van der Waals surface area contributed by atoms with E-state index in [9.17, 15) is 4.39 Å². The number of fused-ring (bicyclic) bond motifs is 1. The zero-order valence-corrected chi connectivity index (χ0v) is 17.1. The Balaban J connectivity index is 1.52. The summed E-state index contributed by atoms with van der Waals surface area (Å²) in [7, 11) is 0. The van der Waals surface area contributed by atoms with E-state index in [1.165, 1.54) is 18.1 Å². The summed E-state index contributed by atoms with van der Waals surface area (Å²) in [6, 6.07) is 9.78. The number of hydrogen-bond donors (Lipinski definition) is 1. The number of aromatic amines is 1. The second-order valence-corrected chi connectivity index (χ2v) is 8.21. The molecule has 4 aromatic rings. The number of hydrogen-bond acceptors (Lipinski definition) is 5. The molecule has 0 saturated heterocycles. The summed E-state index contributed by atoms with van der Waals surface area (Å²) in [4.78, 5) is 17.1. The standard InChI is InChI=1S/C22H19FN6S/c1-14-5-4-7-17(26-14)22-21(15-9-10-20-24-13-25-29(20)11-15)27-19(28-22)12-30-18-8-3-2-6-16(18)23/h2-11,13,16,18H,12H2,1H3,(H,27,28). The molecule has 30 heavy (non-hydrogen) atoms. The zero-order chi connectivity index (χ0) is 20.5. The van der Waals surface area contributed by atoms with E-state index in [2.05, 4.69) is 20.1 Å². The molecule has 5 rings (SSSR count). The molecule has 0 spiro atoms. The smallest absolute Gasteiger partial charge is 0.155 e. The minimum atomic E-state index is -0.984. The average Bonchev–Trinajstić information content (AvgIpc) is 3.39. The summed E-state index contributed by atoms with van der Waals surface area (Å²) >= 11 is 1.52. The topological polar surface area (TPSA) is 71.8 Å². The van der Waals surface area contributed by atoms with E-state index in [0.29, 0.717) is 5.75 Å². The fourth-order valence-corrected chi connectivity index (χ4v) is 4.37. The summed E-state index contributed by atoms with van der Waals surface area (Å²) in [5.41, 5.74) is 5.04. The van der Waals surface area contributed by atoms with Crippen molar-refractivity contribution in [2.24, 2.45) is 0 Å². The van der Waals surface area contributed by atoms with Gasteiger partial charge in [-0.2, -0.15) is 5.10 Å². The van der Waals surface area contributed by atoms with Crippen molar-refractivity contribution in [3.05, 3.63) is 78.7 Å². The number of rotatable bonds is 5. The average molecular weight is 419 g/mol. The van der Waals surface area contributed by atoms with Crippen molar-refractivity contribution in [2.75, 3.05) is 0 Å². The van der Waals surface area contributed by atoms with E-state index in [1.807, 2.05) is 55.6 Å². The first-order chi connectivity index (χ1) is 14.7. The Morgan fingerprint density at radius 1 is 1.13 bits per heavy atom. The van der Waals surface area contributed by atoms with Crippen LogP contribution in [0.25, 0.3) is 28.3 Å². The SMILES string of the molecule is Cc1cccc(-c2[nH]c(CSC3C=CC=CC3F)nc2-c2ccc3ncnn3c2)n1. The molecule has 1 N–H and O–H groups in total. The highest BCUT2D eigenvalue weighted by atomic mass is 32.2. The fourth-order valence-electron chi connectivity index (χ4n) is 3.41. The Morgan fingerprint density at radius 2 is 2.03 bits per heavy atom. The van der Waals surface area contributed by atoms with Crippen molar-refractivity contribution < 1.29 is 4.39 Å². The third kappa shape index (κ3) is 3.66. The van der Waals surface area contributed by atoms with Crippen molar-refractivity contribution in [2.45, 2.75) is 24.1 Å². The van der Waals surface area contributed by atoms with Gasteiger partial charge in [0.1, 0.15) is 18.3 Å². The Hall–Kier alpha value is -3.26. The molecule has 0 fully saturated rings. The number of nitrogens with zero attached hydrogens (tertiary/aromatic N) is 5. The molecule has 0 radical (unpaired) electrons. The van der Waals surface area contributed by atoms with Crippen LogP contribution in [0.15, 0.2) is 67.2 Å². The van der Waals surface area contributed by atoms with Gasteiger partial charge in [-0.15, -0.1) is 11.8 Å². The molecule has 1 aliphatic rings. The summed E-state index contributed by atoms with van der Waals surface area (Å²) in [5.74, 6) is 1.34. The largest absolute Gasteiger partial charge is 0.339 e. The van der Waals surface area contributed by atoms with Gasteiger partial charge in [0.2, 0.25) is 0 Å². The lowest BCUT2D eigenvalue weighted by molar-refractivity contribution is 0.408. The second kappa shape index (κ2) is 7.87. The first-order valence-corrected chi connectivity index (χ1v) is 10.7. The van der Waals surface area contributed by atoms with E-state index < -0.39 is 6.17 Å². The number of alkyl halides is 1. The molecule has 4 heterocycles. The third-order valence-corrected chi connectivity index (χ3v) is 6.12. The van der Waals surface area contributed by atoms with Gasteiger partial charge >= 0.3 is 0 Å². The van der Waals surface area contributed by atoms with Crippen LogP contribution in [0.1, 0.15) is 11.5 Å². The van der Waals surface area contributed by atoms with Gasteiger partial charge in [-0.1, -0.05) is 24.3 Å². The van der Waals surface area contributed by atoms with Gasteiger partial charge in [-0.05, 0) is 37.3 Å². The van der Waals surface area contributed by atoms with Crippen LogP contribution in [0.4, 0.5) is 4.39 Å². The minimum Gasteiger partial charge on any atom is -0.339 e. The fraction of sp³-hybridized carbons (Fsp3) is 0.182. The van der Waals surface area contributed by atoms with E-state index in [-0.39, 0.29) is 5.25 Å². The van der Waals surface area contributed by atoms with Crippen LogP contribution in [-0.4, -0.2) is 41.0 Å². The molecular weight excluding hydrogens is 399 g/mol. The van der Waals surface area contributed by atoms with E-state index in [0.717, 1.165) is 39.8 Å². The van der Waals surface area contributed by atoms with E-state index >= 15 is 0 Å². The number of allylic oxidation sites excluding steroid dienone is 3. The predicted molar refractivity (Wildman–Crippen MR) is 117 cm³/mol. The van der Waals surface area contributed by atoms with Gasteiger partial charge in [0.15, 0.2) is 5.65 Å². The highest BCUT2D eigenvalue weighted by Crippen LogP contribution is 2.32. The van der Waals surface area contributed by atoms with Crippen molar-refractivity contribution in [3.8, 4) is 22.6 Å². The first kappa shape index (κ1) is 18.7. The Kier molecular flexibility index (Phi) is 4.92. The molecule has 0 amide bonds. The zero-order valence-electron chi connectivity index (χ0n) is 16.2. The van der Waals surface area contributed by atoms with Gasteiger partial charge < -0.3 is 4.98 Å². The molecule has 0 aromatic carbocycles. The van der Waals surface area contributed by atoms with Crippen LogP contribution < -0.4 is 0 Å². The number of aryl methyl sites for hydroxylation is 1. The number of imidazole rings is 1. The lowest BCUT2D eigenvalue weighted by atomic mass is 10.1. The Labute approximate surface area is 177 Å². The van der Waals surface area contributed by atoms with Crippen LogP contribution in [0, 0.1) is 6.92 Å². The van der Waals surface area contributed by atoms with Crippen LogP contribution >= 0.6 is 11.8 Å². The highest BCUT2D eigenvalue weighted by molar-refractivity contribution is 7.99. The van der Waals surface area contributed by atoms with Crippen LogP contribution in [0.2, 0.25) is 0 Å². The molecule has 4 aromatic heterocycles. The maximum absolute atomic E-state index is 14.1. The number of halogens is 1. The number of aromatic nitrogens is 6. The monoisotopic (exact) mass is 418 g/mol. The molecule has 2 unspecified atom stereocenters. The molecule has 0 aliphatic heterocycles. The number of H-pyrrole nitrogens is 1. The van der Waals surface area contributed by atoms with Gasteiger partial charge in [0.25, 0.3) is 0 Å². The first-order valence-electron chi connectivity index (χ1n) is 9.61. The van der Waals surface area contributed by atoms with Crippen molar-refractivity contribution in [3.63, 3.8) is 0 Å². The lowest BCUT2D eigenvalue weighted by Crippen LogP contribution is -2.16. The predicted octanol–water partition coefficient (Wildman–Crippen LogP) is 4.56. The number of thioether (sulfide) groups is 1.